The molecule has 0 aromatic heterocycles. The van der Waals surface area contributed by atoms with Gasteiger partial charge in [0.2, 0.25) is 0 Å². The Labute approximate surface area is 134 Å². The molecule has 1 heterocycles. The summed E-state index contributed by atoms with van der Waals surface area (Å²) in [7, 11) is 0. The van der Waals surface area contributed by atoms with Crippen LogP contribution in [-0.4, -0.2) is 34.6 Å². The van der Waals surface area contributed by atoms with Crippen molar-refractivity contribution in [3.8, 4) is 0 Å². The van der Waals surface area contributed by atoms with E-state index in [0.717, 1.165) is 0 Å². The Morgan fingerprint density at radius 3 is 2.00 bits per heavy atom. The molecule has 2 amide bonds. The lowest BCUT2D eigenvalue weighted by molar-refractivity contribution is 0.0231. The number of hydrogen-bond donors (Lipinski definition) is 0. The van der Waals surface area contributed by atoms with Gasteiger partial charge in [0.05, 0.1) is 6.54 Å². The number of rotatable bonds is 2. The summed E-state index contributed by atoms with van der Waals surface area (Å²) in [5.74, 6) is -0.537. The number of carbonyl (C=O) groups excluding carboxylic acids is 2. The Morgan fingerprint density at radius 2 is 1.39 bits per heavy atom. The van der Waals surface area contributed by atoms with Gasteiger partial charge in [0.25, 0.3) is 11.8 Å². The molecule has 0 atom stereocenters. The highest BCUT2D eigenvalue weighted by Gasteiger charge is 2.26. The second kappa shape index (κ2) is 6.70. The summed E-state index contributed by atoms with van der Waals surface area (Å²) < 4.78 is 0. The van der Waals surface area contributed by atoms with Crippen LogP contribution in [0, 0.1) is 0 Å². The molecule has 0 saturated heterocycles. The first-order valence-corrected chi connectivity index (χ1v) is 7.21. The molecule has 2 aromatic carbocycles. The molecule has 0 spiro atoms. The molecule has 0 saturated carbocycles. The van der Waals surface area contributed by atoms with Gasteiger partial charge in [0.15, 0.2) is 0 Å². The Kier molecular flexibility index (Phi) is 4.29. The van der Waals surface area contributed by atoms with Crippen molar-refractivity contribution in [2.45, 2.75) is 0 Å². The molecule has 0 N–H and O–H groups in total. The Hall–Kier alpha value is -3.21. The lowest BCUT2D eigenvalue weighted by Crippen LogP contribution is -2.47. The number of amides is 2. The lowest BCUT2D eigenvalue weighted by Gasteiger charge is -2.30. The van der Waals surface area contributed by atoms with Crippen LogP contribution < -0.4 is 0 Å². The van der Waals surface area contributed by atoms with Crippen LogP contribution in [0.15, 0.2) is 78.1 Å². The molecule has 0 unspecified atom stereocenters. The van der Waals surface area contributed by atoms with Crippen molar-refractivity contribution in [2.24, 2.45) is 4.99 Å². The van der Waals surface area contributed by atoms with Crippen LogP contribution in [0.5, 0.6) is 0 Å². The van der Waals surface area contributed by atoms with Crippen LogP contribution in [0.3, 0.4) is 0 Å². The van der Waals surface area contributed by atoms with Gasteiger partial charge in [-0.15, -0.1) is 0 Å². The molecule has 3 rings (SSSR count). The highest BCUT2D eigenvalue weighted by Crippen LogP contribution is 2.14. The molecule has 0 radical (unpaired) electrons. The molecule has 5 nitrogen and oxygen atoms in total. The summed E-state index contributed by atoms with van der Waals surface area (Å²) in [5, 5.41) is 2.68. The van der Waals surface area contributed by atoms with Crippen LogP contribution in [0.25, 0.3) is 0 Å². The first kappa shape index (κ1) is 14.7. The van der Waals surface area contributed by atoms with E-state index in [9.17, 15) is 9.59 Å². The summed E-state index contributed by atoms with van der Waals surface area (Å²) in [6.07, 6.45) is 4.59. The molecule has 1 aliphatic rings. The maximum Gasteiger partial charge on any atom is 0.276 e. The molecule has 23 heavy (non-hydrogen) atoms. The van der Waals surface area contributed by atoms with E-state index in [4.69, 9.17) is 0 Å². The minimum atomic E-state index is -0.281. The molecule has 1 aliphatic heterocycles. The van der Waals surface area contributed by atoms with Crippen molar-refractivity contribution in [1.29, 1.82) is 0 Å². The fraction of sp³-hybridized carbons (Fsp3) is 0.0556. The Bertz CT molecular complexity index is 754. The van der Waals surface area contributed by atoms with Crippen molar-refractivity contribution >= 4 is 18.0 Å². The number of hydrogen-bond acceptors (Lipinski definition) is 3. The number of hydrazine groups is 1. The van der Waals surface area contributed by atoms with E-state index < -0.39 is 0 Å². The van der Waals surface area contributed by atoms with Gasteiger partial charge in [-0.1, -0.05) is 36.4 Å². The van der Waals surface area contributed by atoms with Crippen LogP contribution in [0.4, 0.5) is 0 Å². The summed E-state index contributed by atoms with van der Waals surface area (Å²) in [4.78, 5) is 29.5. The molecule has 0 bridgehead atoms. The fourth-order valence-electron chi connectivity index (χ4n) is 2.26. The molecule has 114 valence electrons. The standard InChI is InChI=1S/C18H15N3O2/c22-17(15-7-3-1-4-8-15)20-13-11-19-12-14-21(20)18(23)16-9-5-2-6-10-16/h1-13H,14H2. The van der Waals surface area contributed by atoms with Gasteiger partial charge >= 0.3 is 0 Å². The van der Waals surface area contributed by atoms with Crippen molar-refractivity contribution in [1.82, 2.24) is 10.0 Å². The second-order valence-electron chi connectivity index (χ2n) is 4.90. The van der Waals surface area contributed by atoms with E-state index in [0.29, 0.717) is 11.1 Å². The normalized spacial score (nSPS) is 13.7. The van der Waals surface area contributed by atoms with Gasteiger partial charge in [-0.2, -0.15) is 0 Å². The minimum absolute atomic E-state index is 0.222. The van der Waals surface area contributed by atoms with Gasteiger partial charge in [-0.05, 0) is 24.3 Å². The average Bonchev–Trinajstić information content (AvgIpc) is 2.88. The van der Waals surface area contributed by atoms with Crippen molar-refractivity contribution < 1.29 is 9.59 Å². The predicted octanol–water partition coefficient (Wildman–Crippen LogP) is 2.74. The van der Waals surface area contributed by atoms with Gasteiger partial charge in [-0.25, -0.2) is 10.0 Å². The van der Waals surface area contributed by atoms with E-state index in [1.807, 2.05) is 12.1 Å². The molecule has 5 heteroatoms. The van der Waals surface area contributed by atoms with E-state index >= 15 is 0 Å². The Balaban J connectivity index is 1.93. The van der Waals surface area contributed by atoms with Gasteiger partial charge < -0.3 is 0 Å². The predicted molar refractivity (Wildman–Crippen MR) is 87.7 cm³/mol. The summed E-state index contributed by atoms with van der Waals surface area (Å²) in [5.41, 5.74) is 1.02. The van der Waals surface area contributed by atoms with Gasteiger partial charge in [0.1, 0.15) is 0 Å². The zero-order valence-electron chi connectivity index (χ0n) is 12.4. The van der Waals surface area contributed by atoms with Crippen molar-refractivity contribution in [3.05, 3.63) is 84.2 Å². The zero-order chi connectivity index (χ0) is 16.1. The lowest BCUT2D eigenvalue weighted by atomic mass is 10.2. The van der Waals surface area contributed by atoms with E-state index in [1.54, 1.807) is 54.7 Å². The second-order valence-corrected chi connectivity index (χ2v) is 4.90. The summed E-state index contributed by atoms with van der Waals surface area (Å²) in [6, 6.07) is 17.7. The average molecular weight is 305 g/mol. The SMILES string of the molecule is O=C(c1ccccc1)N1C=CN=CCN1C(=O)c1ccccc1. The van der Waals surface area contributed by atoms with Crippen LogP contribution in [0.2, 0.25) is 0 Å². The third kappa shape index (κ3) is 3.18. The number of benzene rings is 2. The van der Waals surface area contributed by atoms with Gasteiger partial charge in [-0.3, -0.25) is 14.6 Å². The third-order valence-electron chi connectivity index (χ3n) is 3.40. The molecule has 0 fully saturated rings. The van der Waals surface area contributed by atoms with Crippen LogP contribution in [0.1, 0.15) is 20.7 Å². The minimum Gasteiger partial charge on any atom is -0.267 e. The van der Waals surface area contributed by atoms with Crippen molar-refractivity contribution in [3.63, 3.8) is 0 Å². The molecule has 2 aromatic rings. The summed E-state index contributed by atoms with van der Waals surface area (Å²) >= 11 is 0. The maximum absolute atomic E-state index is 12.7. The number of carbonyl (C=O) groups is 2. The highest BCUT2D eigenvalue weighted by atomic mass is 16.2. The van der Waals surface area contributed by atoms with Gasteiger partial charge in [0, 0.05) is 29.7 Å². The van der Waals surface area contributed by atoms with E-state index in [2.05, 4.69) is 4.99 Å². The first-order valence-electron chi connectivity index (χ1n) is 7.21. The maximum atomic E-state index is 12.7. The van der Waals surface area contributed by atoms with E-state index in [1.165, 1.54) is 22.4 Å². The Morgan fingerprint density at radius 1 is 0.826 bits per heavy atom. The largest absolute Gasteiger partial charge is 0.276 e. The van der Waals surface area contributed by atoms with Crippen LogP contribution in [-0.2, 0) is 0 Å². The topological polar surface area (TPSA) is 53.0 Å². The smallest absolute Gasteiger partial charge is 0.267 e. The third-order valence-corrected chi connectivity index (χ3v) is 3.40. The zero-order valence-corrected chi connectivity index (χ0v) is 12.4. The first-order chi connectivity index (χ1) is 11.3. The number of nitrogens with zero attached hydrogens (tertiary/aromatic N) is 3. The number of aliphatic imine (C=N–C) groups is 1. The highest BCUT2D eigenvalue weighted by molar-refractivity contribution is 6.00. The summed E-state index contributed by atoms with van der Waals surface area (Å²) in [6.45, 7) is 0.222. The molecular weight excluding hydrogens is 290 g/mol. The van der Waals surface area contributed by atoms with Crippen LogP contribution >= 0.6 is 0 Å². The monoisotopic (exact) mass is 305 g/mol. The quantitative estimate of drug-likeness (QED) is 0.856. The molecule has 0 aliphatic carbocycles. The molecular formula is C18H15N3O2. The van der Waals surface area contributed by atoms with Crippen molar-refractivity contribution in [2.75, 3.05) is 6.54 Å². The van der Waals surface area contributed by atoms with E-state index in [-0.39, 0.29) is 18.4 Å². The fourth-order valence-corrected chi connectivity index (χ4v) is 2.26.